The second-order valence-electron chi connectivity index (χ2n) is 6.62. The largest absolute Gasteiger partial charge is 0.493 e. The van der Waals surface area contributed by atoms with Crippen LogP contribution in [0.4, 0.5) is 5.69 Å². The molecule has 2 aromatic carbocycles. The number of rotatable bonds is 6. The van der Waals surface area contributed by atoms with Crippen molar-refractivity contribution in [2.75, 3.05) is 13.7 Å². The highest BCUT2D eigenvalue weighted by atomic mass is 16.6. The average Bonchev–Trinajstić information content (AvgIpc) is 3.14. The summed E-state index contributed by atoms with van der Waals surface area (Å²) in [7, 11) is 1.28. The van der Waals surface area contributed by atoms with Crippen molar-refractivity contribution in [3.63, 3.8) is 0 Å². The van der Waals surface area contributed by atoms with Gasteiger partial charge in [0.2, 0.25) is 0 Å². The highest BCUT2D eigenvalue weighted by Gasteiger charge is 2.35. The van der Waals surface area contributed by atoms with Crippen molar-refractivity contribution in [2.24, 2.45) is 0 Å². The number of methoxy groups -OCH3 is 1. The van der Waals surface area contributed by atoms with E-state index >= 15 is 0 Å². The lowest BCUT2D eigenvalue weighted by Gasteiger charge is -2.20. The summed E-state index contributed by atoms with van der Waals surface area (Å²) < 4.78 is 10.5. The van der Waals surface area contributed by atoms with Gasteiger partial charge in [0.05, 0.1) is 29.7 Å². The van der Waals surface area contributed by atoms with Crippen molar-refractivity contribution in [1.29, 1.82) is 0 Å². The standard InChI is InChI=1S/C21H18N2O7/c1-13-8-15(12-24)22(11-13)20(25)16-9-18(29-2)19(10-17(16)23(27)28)30-21(26)14-6-4-3-5-7-14/h3-7,9-10,12,15H,1,8,11H2,2H3/t15-/m0/s1. The van der Waals surface area contributed by atoms with E-state index in [-0.39, 0.29) is 29.2 Å². The monoisotopic (exact) mass is 410 g/mol. The Morgan fingerprint density at radius 3 is 2.53 bits per heavy atom. The molecule has 0 bridgehead atoms. The lowest BCUT2D eigenvalue weighted by molar-refractivity contribution is -0.385. The first kappa shape index (κ1) is 20.7. The first-order chi connectivity index (χ1) is 14.3. The molecule has 30 heavy (non-hydrogen) atoms. The van der Waals surface area contributed by atoms with Crippen LogP contribution in [0.2, 0.25) is 0 Å². The zero-order valence-corrected chi connectivity index (χ0v) is 16.1. The number of nitro groups is 1. The Bertz CT molecular complexity index is 1030. The van der Waals surface area contributed by atoms with Crippen LogP contribution in [0.1, 0.15) is 27.1 Å². The van der Waals surface area contributed by atoms with Gasteiger partial charge in [0, 0.05) is 12.6 Å². The molecule has 9 heteroatoms. The number of carbonyl (C=O) groups is 3. The minimum absolute atomic E-state index is 0.0334. The highest BCUT2D eigenvalue weighted by Crippen LogP contribution is 2.37. The summed E-state index contributed by atoms with van der Waals surface area (Å²) in [4.78, 5) is 48.7. The Labute approximate surface area is 171 Å². The van der Waals surface area contributed by atoms with Gasteiger partial charge in [-0.15, -0.1) is 0 Å². The summed E-state index contributed by atoms with van der Waals surface area (Å²) >= 11 is 0. The minimum atomic E-state index is -0.757. The van der Waals surface area contributed by atoms with Gasteiger partial charge < -0.3 is 19.2 Å². The number of carbonyl (C=O) groups excluding carboxylic acids is 3. The van der Waals surface area contributed by atoms with Crippen LogP contribution in [0.25, 0.3) is 0 Å². The molecule has 1 heterocycles. The van der Waals surface area contributed by atoms with Crippen molar-refractivity contribution in [1.82, 2.24) is 4.90 Å². The molecule has 0 aliphatic carbocycles. The molecule has 0 spiro atoms. The lowest BCUT2D eigenvalue weighted by atomic mass is 10.1. The number of amides is 1. The summed E-state index contributed by atoms with van der Waals surface area (Å²) in [5, 5.41) is 11.6. The predicted octanol–water partition coefficient (Wildman–Crippen LogP) is 2.79. The summed E-state index contributed by atoms with van der Waals surface area (Å²) in [6, 6.07) is 9.43. The second-order valence-corrected chi connectivity index (χ2v) is 6.62. The first-order valence-electron chi connectivity index (χ1n) is 8.92. The van der Waals surface area contributed by atoms with Crippen LogP contribution >= 0.6 is 0 Å². The molecule has 1 aliphatic rings. The number of aldehydes is 1. The molecule has 1 saturated heterocycles. The van der Waals surface area contributed by atoms with Crippen LogP contribution < -0.4 is 9.47 Å². The molecule has 3 rings (SSSR count). The van der Waals surface area contributed by atoms with Gasteiger partial charge in [0.15, 0.2) is 11.5 Å². The van der Waals surface area contributed by atoms with E-state index in [0.717, 1.165) is 12.1 Å². The lowest BCUT2D eigenvalue weighted by Crippen LogP contribution is -2.36. The fourth-order valence-electron chi connectivity index (χ4n) is 3.17. The third kappa shape index (κ3) is 4.04. The molecule has 0 saturated carbocycles. The summed E-state index contributed by atoms with van der Waals surface area (Å²) in [6.07, 6.45) is 0.905. The Hall–Kier alpha value is -4.01. The molecule has 0 N–H and O–H groups in total. The topological polar surface area (TPSA) is 116 Å². The molecule has 1 fully saturated rings. The van der Waals surface area contributed by atoms with Crippen LogP contribution in [-0.2, 0) is 4.79 Å². The van der Waals surface area contributed by atoms with Crippen molar-refractivity contribution in [3.05, 3.63) is 75.9 Å². The molecule has 154 valence electrons. The number of nitro benzene ring substituents is 1. The Kier molecular flexibility index (Phi) is 5.91. The van der Waals surface area contributed by atoms with Crippen LogP contribution in [0.5, 0.6) is 11.5 Å². The van der Waals surface area contributed by atoms with E-state index < -0.39 is 28.5 Å². The normalized spacial score (nSPS) is 15.6. The van der Waals surface area contributed by atoms with E-state index in [1.54, 1.807) is 18.2 Å². The Morgan fingerprint density at radius 1 is 1.23 bits per heavy atom. The molecular formula is C21H18N2O7. The molecular weight excluding hydrogens is 392 g/mol. The summed E-state index contributed by atoms with van der Waals surface area (Å²) in [5.74, 6) is -1.68. The van der Waals surface area contributed by atoms with E-state index in [9.17, 15) is 24.5 Å². The van der Waals surface area contributed by atoms with Gasteiger partial charge in [-0.3, -0.25) is 14.9 Å². The highest BCUT2D eigenvalue weighted by molar-refractivity contribution is 6.01. The second kappa shape index (κ2) is 8.56. The Balaban J connectivity index is 2.00. The zero-order chi connectivity index (χ0) is 21.8. The molecule has 0 radical (unpaired) electrons. The van der Waals surface area contributed by atoms with E-state index in [1.165, 1.54) is 24.1 Å². The smallest absolute Gasteiger partial charge is 0.343 e. The number of benzene rings is 2. The number of nitrogens with zero attached hydrogens (tertiary/aromatic N) is 2. The third-order valence-electron chi connectivity index (χ3n) is 4.63. The molecule has 0 aromatic heterocycles. The van der Waals surface area contributed by atoms with Gasteiger partial charge in [-0.2, -0.15) is 0 Å². The quantitative estimate of drug-likeness (QED) is 0.180. The van der Waals surface area contributed by atoms with E-state index in [2.05, 4.69) is 6.58 Å². The van der Waals surface area contributed by atoms with Crippen LogP contribution in [0.3, 0.4) is 0 Å². The molecule has 1 aliphatic heterocycles. The van der Waals surface area contributed by atoms with Gasteiger partial charge in [0.1, 0.15) is 11.8 Å². The number of hydrogen-bond acceptors (Lipinski definition) is 7. The van der Waals surface area contributed by atoms with Gasteiger partial charge in [0.25, 0.3) is 11.6 Å². The molecule has 0 unspecified atom stereocenters. The van der Waals surface area contributed by atoms with Gasteiger partial charge in [-0.1, -0.05) is 30.4 Å². The van der Waals surface area contributed by atoms with Crippen molar-refractivity contribution < 1.29 is 28.8 Å². The van der Waals surface area contributed by atoms with Gasteiger partial charge in [-0.25, -0.2) is 4.79 Å². The maximum absolute atomic E-state index is 13.0. The maximum atomic E-state index is 13.0. The zero-order valence-electron chi connectivity index (χ0n) is 16.1. The van der Waals surface area contributed by atoms with Crippen LogP contribution in [-0.4, -0.2) is 47.7 Å². The van der Waals surface area contributed by atoms with Crippen LogP contribution in [0, 0.1) is 10.1 Å². The van der Waals surface area contributed by atoms with Gasteiger partial charge >= 0.3 is 5.97 Å². The van der Waals surface area contributed by atoms with Crippen LogP contribution in [0.15, 0.2) is 54.6 Å². The van der Waals surface area contributed by atoms with E-state index in [1.807, 2.05) is 0 Å². The third-order valence-corrected chi connectivity index (χ3v) is 4.63. The minimum Gasteiger partial charge on any atom is -0.493 e. The fourth-order valence-corrected chi connectivity index (χ4v) is 3.17. The number of hydrogen-bond donors (Lipinski definition) is 0. The fraction of sp³-hybridized carbons (Fsp3) is 0.190. The number of likely N-dealkylation sites (tertiary alicyclic amines) is 1. The maximum Gasteiger partial charge on any atom is 0.343 e. The van der Waals surface area contributed by atoms with Crippen molar-refractivity contribution in [2.45, 2.75) is 12.5 Å². The first-order valence-corrected chi connectivity index (χ1v) is 8.92. The van der Waals surface area contributed by atoms with Crippen molar-refractivity contribution in [3.8, 4) is 11.5 Å². The SMILES string of the molecule is C=C1C[C@@H](C=O)N(C(=O)c2cc(OC)c(OC(=O)c3ccccc3)cc2[N+](=O)[O-])C1. The molecule has 9 nitrogen and oxygen atoms in total. The molecule has 1 amide bonds. The number of esters is 1. The average molecular weight is 410 g/mol. The summed E-state index contributed by atoms with van der Waals surface area (Å²) in [5.41, 5.74) is 0.0620. The number of ether oxygens (including phenoxy) is 2. The van der Waals surface area contributed by atoms with E-state index in [0.29, 0.717) is 18.3 Å². The van der Waals surface area contributed by atoms with E-state index in [4.69, 9.17) is 9.47 Å². The van der Waals surface area contributed by atoms with Gasteiger partial charge in [-0.05, 0) is 18.6 Å². The predicted molar refractivity (Wildman–Crippen MR) is 106 cm³/mol. The summed E-state index contributed by atoms with van der Waals surface area (Å²) in [6.45, 7) is 3.89. The molecule has 1 atom stereocenters. The Morgan fingerprint density at radius 2 is 1.93 bits per heavy atom. The molecule has 2 aromatic rings. The van der Waals surface area contributed by atoms with Crippen molar-refractivity contribution >= 4 is 23.9 Å².